The number of amides is 1. The van der Waals surface area contributed by atoms with Crippen molar-refractivity contribution in [2.45, 2.75) is 26.0 Å². The lowest BCUT2D eigenvalue weighted by atomic mass is 9.95. The van der Waals surface area contributed by atoms with Gasteiger partial charge < -0.3 is 19.3 Å². The number of hydrogen-bond acceptors (Lipinski definition) is 6. The number of benzene rings is 3. The number of Topliss-reactive ketones (excluding diaryl/α,β-unsaturated/α-hetero) is 1. The second kappa shape index (κ2) is 10.3. The van der Waals surface area contributed by atoms with Gasteiger partial charge in [0.25, 0.3) is 11.7 Å². The van der Waals surface area contributed by atoms with Crippen molar-refractivity contribution in [1.29, 1.82) is 0 Å². The van der Waals surface area contributed by atoms with Crippen molar-refractivity contribution in [3.63, 3.8) is 0 Å². The van der Waals surface area contributed by atoms with Gasteiger partial charge in [-0.3, -0.25) is 14.5 Å². The van der Waals surface area contributed by atoms with Gasteiger partial charge in [0.1, 0.15) is 23.0 Å². The largest absolute Gasteiger partial charge is 0.507 e. The van der Waals surface area contributed by atoms with Crippen LogP contribution in [0.3, 0.4) is 0 Å². The molecule has 0 aromatic heterocycles. The number of carbonyl (C=O) groups excluding carboxylic acids is 2. The van der Waals surface area contributed by atoms with Crippen molar-refractivity contribution < 1.29 is 28.9 Å². The van der Waals surface area contributed by atoms with Crippen LogP contribution >= 0.6 is 11.6 Å². The molecule has 0 spiro atoms. The molecular formula is C28H26ClNO6. The molecule has 186 valence electrons. The Morgan fingerprint density at radius 2 is 1.67 bits per heavy atom. The Morgan fingerprint density at radius 3 is 2.31 bits per heavy atom. The zero-order valence-corrected chi connectivity index (χ0v) is 21.1. The summed E-state index contributed by atoms with van der Waals surface area (Å²) in [5.74, 6) is -0.391. The standard InChI is InChI=1S/C28H26ClNO6/c1-16(2)36-21-7-5-6-17(14-21)25-24(26(31)18-8-13-22(29)23(15-18)35-4)27(32)28(33)30(25)19-9-11-20(34-3)12-10-19/h5-16,25,31H,1-4H3/b26-24-. The van der Waals surface area contributed by atoms with Crippen LogP contribution in [0.15, 0.2) is 72.3 Å². The molecule has 1 atom stereocenters. The minimum absolute atomic E-state index is 0.0538. The third-order valence-corrected chi connectivity index (χ3v) is 6.08. The normalized spacial score (nSPS) is 16.9. The van der Waals surface area contributed by atoms with Gasteiger partial charge in [-0.05, 0) is 74.0 Å². The number of ether oxygens (including phenoxy) is 3. The maximum atomic E-state index is 13.4. The Bertz CT molecular complexity index is 1330. The molecule has 0 bridgehead atoms. The number of aliphatic hydroxyl groups excluding tert-OH is 1. The van der Waals surface area contributed by atoms with Crippen molar-refractivity contribution in [3.8, 4) is 17.2 Å². The summed E-state index contributed by atoms with van der Waals surface area (Å²) < 4.78 is 16.3. The summed E-state index contributed by atoms with van der Waals surface area (Å²) in [5.41, 5.74) is 1.32. The molecule has 1 saturated heterocycles. The highest BCUT2D eigenvalue weighted by molar-refractivity contribution is 6.51. The lowest BCUT2D eigenvalue weighted by Gasteiger charge is -2.26. The van der Waals surface area contributed by atoms with Gasteiger partial charge in [0.05, 0.1) is 37.0 Å². The second-order valence-corrected chi connectivity index (χ2v) is 8.86. The van der Waals surface area contributed by atoms with Crippen LogP contribution < -0.4 is 19.1 Å². The molecular weight excluding hydrogens is 482 g/mol. The Hall–Kier alpha value is -3.97. The molecule has 1 aliphatic rings. The Balaban J connectivity index is 1.93. The first-order valence-corrected chi connectivity index (χ1v) is 11.7. The molecule has 1 unspecified atom stereocenters. The molecule has 1 aliphatic heterocycles. The van der Waals surface area contributed by atoms with E-state index in [0.29, 0.717) is 39.1 Å². The first-order valence-electron chi connectivity index (χ1n) is 11.3. The highest BCUT2D eigenvalue weighted by Gasteiger charge is 2.47. The number of hydrogen-bond donors (Lipinski definition) is 1. The maximum Gasteiger partial charge on any atom is 0.300 e. The van der Waals surface area contributed by atoms with Crippen LogP contribution in [0.4, 0.5) is 5.69 Å². The molecule has 0 radical (unpaired) electrons. The van der Waals surface area contributed by atoms with Crippen LogP contribution in [0.25, 0.3) is 5.76 Å². The van der Waals surface area contributed by atoms with Gasteiger partial charge in [0, 0.05) is 11.3 Å². The van der Waals surface area contributed by atoms with Gasteiger partial charge in [0.2, 0.25) is 0 Å². The van der Waals surface area contributed by atoms with Gasteiger partial charge in [-0.25, -0.2) is 0 Å². The van der Waals surface area contributed by atoms with E-state index < -0.39 is 17.7 Å². The number of aliphatic hydroxyl groups is 1. The van der Waals surface area contributed by atoms with Crippen molar-refractivity contribution >= 4 is 34.7 Å². The van der Waals surface area contributed by atoms with E-state index in [2.05, 4.69) is 0 Å². The van der Waals surface area contributed by atoms with Crippen molar-refractivity contribution in [3.05, 3.63) is 88.5 Å². The monoisotopic (exact) mass is 507 g/mol. The molecule has 3 aromatic rings. The average Bonchev–Trinajstić information content (AvgIpc) is 3.14. The van der Waals surface area contributed by atoms with Crippen LogP contribution in [-0.2, 0) is 9.59 Å². The first-order chi connectivity index (χ1) is 17.2. The molecule has 8 heteroatoms. The predicted octanol–water partition coefficient (Wildman–Crippen LogP) is 5.77. The lowest BCUT2D eigenvalue weighted by Crippen LogP contribution is -2.29. The molecule has 4 rings (SSSR count). The fraction of sp³-hybridized carbons (Fsp3) is 0.214. The smallest absolute Gasteiger partial charge is 0.300 e. The van der Waals surface area contributed by atoms with Gasteiger partial charge in [-0.15, -0.1) is 0 Å². The number of methoxy groups -OCH3 is 2. The van der Waals surface area contributed by atoms with E-state index in [0.717, 1.165) is 0 Å². The molecule has 36 heavy (non-hydrogen) atoms. The average molecular weight is 508 g/mol. The Labute approximate surface area is 214 Å². The molecule has 1 heterocycles. The summed E-state index contributed by atoms with van der Waals surface area (Å²) in [6.07, 6.45) is -0.0743. The summed E-state index contributed by atoms with van der Waals surface area (Å²) in [5, 5.41) is 11.7. The van der Waals surface area contributed by atoms with E-state index in [4.69, 9.17) is 25.8 Å². The molecule has 1 amide bonds. The number of ketones is 1. The number of carbonyl (C=O) groups is 2. The summed E-state index contributed by atoms with van der Waals surface area (Å²) in [4.78, 5) is 28.1. The van der Waals surface area contributed by atoms with Crippen LogP contribution in [0.1, 0.15) is 31.0 Å². The second-order valence-electron chi connectivity index (χ2n) is 8.46. The summed E-state index contributed by atoms with van der Waals surface area (Å²) in [6, 6.07) is 17.7. The van der Waals surface area contributed by atoms with Crippen LogP contribution in [0.2, 0.25) is 5.02 Å². The van der Waals surface area contributed by atoms with Crippen molar-refractivity contribution in [2.24, 2.45) is 0 Å². The van der Waals surface area contributed by atoms with E-state index in [1.54, 1.807) is 67.8 Å². The van der Waals surface area contributed by atoms with E-state index in [1.807, 2.05) is 13.8 Å². The van der Waals surface area contributed by atoms with Crippen molar-refractivity contribution in [2.75, 3.05) is 19.1 Å². The van der Waals surface area contributed by atoms with Crippen molar-refractivity contribution in [1.82, 2.24) is 0 Å². The van der Waals surface area contributed by atoms with Crippen LogP contribution in [0, 0.1) is 0 Å². The van der Waals surface area contributed by atoms with Gasteiger partial charge in [-0.1, -0.05) is 23.7 Å². The number of rotatable bonds is 7. The summed E-state index contributed by atoms with van der Waals surface area (Å²) in [6.45, 7) is 3.81. The third-order valence-electron chi connectivity index (χ3n) is 5.77. The van der Waals surface area contributed by atoms with E-state index in [1.165, 1.54) is 18.1 Å². The Kier molecular flexibility index (Phi) is 7.22. The highest BCUT2D eigenvalue weighted by atomic mass is 35.5. The van der Waals surface area contributed by atoms with Gasteiger partial charge >= 0.3 is 0 Å². The molecule has 0 aliphatic carbocycles. The Morgan fingerprint density at radius 1 is 0.944 bits per heavy atom. The zero-order valence-electron chi connectivity index (χ0n) is 20.3. The molecule has 0 saturated carbocycles. The fourth-order valence-corrected chi connectivity index (χ4v) is 4.34. The van der Waals surface area contributed by atoms with E-state index in [-0.39, 0.29) is 17.4 Å². The predicted molar refractivity (Wildman–Crippen MR) is 138 cm³/mol. The highest BCUT2D eigenvalue weighted by Crippen LogP contribution is 2.43. The number of nitrogens with zero attached hydrogens (tertiary/aromatic N) is 1. The molecule has 3 aromatic carbocycles. The van der Waals surface area contributed by atoms with E-state index >= 15 is 0 Å². The van der Waals surface area contributed by atoms with Crippen LogP contribution in [-0.4, -0.2) is 37.1 Å². The topological polar surface area (TPSA) is 85.3 Å². The zero-order chi connectivity index (χ0) is 26.0. The summed E-state index contributed by atoms with van der Waals surface area (Å²) in [7, 11) is 3.00. The third kappa shape index (κ3) is 4.75. The SMILES string of the molecule is COc1ccc(N2C(=O)C(=O)/C(=C(\O)c3ccc(Cl)c(OC)c3)C2c2cccc(OC(C)C)c2)cc1. The number of anilines is 1. The first kappa shape index (κ1) is 25.1. The van der Waals surface area contributed by atoms with Gasteiger partial charge in [-0.2, -0.15) is 0 Å². The number of halogens is 1. The van der Waals surface area contributed by atoms with E-state index in [9.17, 15) is 14.7 Å². The van der Waals surface area contributed by atoms with Crippen LogP contribution in [0.5, 0.6) is 17.2 Å². The quantitative estimate of drug-likeness (QED) is 0.248. The molecule has 1 fully saturated rings. The summed E-state index contributed by atoms with van der Waals surface area (Å²) >= 11 is 6.15. The minimum Gasteiger partial charge on any atom is -0.507 e. The minimum atomic E-state index is -0.907. The molecule has 7 nitrogen and oxygen atoms in total. The van der Waals surface area contributed by atoms with Gasteiger partial charge in [0.15, 0.2) is 0 Å². The lowest BCUT2D eigenvalue weighted by molar-refractivity contribution is -0.132. The maximum absolute atomic E-state index is 13.4. The fourth-order valence-electron chi connectivity index (χ4n) is 4.15. The molecule has 1 N–H and O–H groups in total.